The van der Waals surface area contributed by atoms with Crippen molar-refractivity contribution in [3.05, 3.63) is 58.1 Å². The third kappa shape index (κ3) is 3.02. The van der Waals surface area contributed by atoms with Gasteiger partial charge in [-0.2, -0.15) is 0 Å². The number of rotatable bonds is 3. The van der Waals surface area contributed by atoms with E-state index in [4.69, 9.17) is 5.73 Å². The van der Waals surface area contributed by atoms with Crippen LogP contribution in [-0.2, 0) is 0 Å². The Hall–Kier alpha value is -1.81. The van der Waals surface area contributed by atoms with Gasteiger partial charge >= 0.3 is 0 Å². The van der Waals surface area contributed by atoms with Gasteiger partial charge in [-0.05, 0) is 65.7 Å². The monoisotopic (exact) mass is 332 g/mol. The van der Waals surface area contributed by atoms with Gasteiger partial charge in [0.25, 0.3) is 5.91 Å². The summed E-state index contributed by atoms with van der Waals surface area (Å²) in [6.45, 7) is 4.58. The standard InChI is InChI=1S/C16H17BrN2O/c1-3-19(13-6-4-5-11(2)9-13)16(20)12-7-8-14(17)15(18)10-12/h4-10H,3,18H2,1-2H3. The molecule has 3 nitrogen and oxygen atoms in total. The zero-order chi connectivity index (χ0) is 14.7. The van der Waals surface area contributed by atoms with Crippen molar-refractivity contribution in [3.63, 3.8) is 0 Å². The highest BCUT2D eigenvalue weighted by molar-refractivity contribution is 9.10. The number of nitrogen functional groups attached to an aromatic ring is 1. The van der Waals surface area contributed by atoms with E-state index in [-0.39, 0.29) is 5.91 Å². The van der Waals surface area contributed by atoms with E-state index < -0.39 is 0 Å². The predicted molar refractivity (Wildman–Crippen MR) is 87.1 cm³/mol. The highest BCUT2D eigenvalue weighted by atomic mass is 79.9. The summed E-state index contributed by atoms with van der Waals surface area (Å²) in [4.78, 5) is 14.4. The van der Waals surface area contributed by atoms with Crippen molar-refractivity contribution in [1.29, 1.82) is 0 Å². The van der Waals surface area contributed by atoms with E-state index in [1.54, 1.807) is 23.1 Å². The van der Waals surface area contributed by atoms with Gasteiger partial charge in [0.15, 0.2) is 0 Å². The first kappa shape index (κ1) is 14.6. The van der Waals surface area contributed by atoms with E-state index >= 15 is 0 Å². The second-order valence-electron chi connectivity index (χ2n) is 4.62. The molecule has 104 valence electrons. The van der Waals surface area contributed by atoms with Gasteiger partial charge in [0.05, 0.1) is 0 Å². The fourth-order valence-corrected chi connectivity index (χ4v) is 2.32. The first-order chi connectivity index (χ1) is 9.52. The zero-order valence-corrected chi connectivity index (χ0v) is 13.1. The molecule has 0 aromatic heterocycles. The van der Waals surface area contributed by atoms with Crippen molar-refractivity contribution in [1.82, 2.24) is 0 Å². The van der Waals surface area contributed by atoms with Crippen LogP contribution in [0.25, 0.3) is 0 Å². The van der Waals surface area contributed by atoms with Crippen molar-refractivity contribution in [2.24, 2.45) is 0 Å². The van der Waals surface area contributed by atoms with E-state index in [2.05, 4.69) is 15.9 Å². The fourth-order valence-electron chi connectivity index (χ4n) is 2.07. The maximum absolute atomic E-state index is 12.6. The van der Waals surface area contributed by atoms with Gasteiger partial charge in [0.1, 0.15) is 0 Å². The lowest BCUT2D eigenvalue weighted by Crippen LogP contribution is -2.30. The zero-order valence-electron chi connectivity index (χ0n) is 11.6. The number of carbonyl (C=O) groups excluding carboxylic acids is 1. The third-order valence-electron chi connectivity index (χ3n) is 3.12. The minimum absolute atomic E-state index is 0.0442. The summed E-state index contributed by atoms with van der Waals surface area (Å²) in [6.07, 6.45) is 0. The van der Waals surface area contributed by atoms with Gasteiger partial charge < -0.3 is 10.6 Å². The van der Waals surface area contributed by atoms with Crippen LogP contribution in [0.5, 0.6) is 0 Å². The lowest BCUT2D eigenvalue weighted by Gasteiger charge is -2.21. The lowest BCUT2D eigenvalue weighted by atomic mass is 10.1. The largest absolute Gasteiger partial charge is 0.398 e. The van der Waals surface area contributed by atoms with Gasteiger partial charge in [0.2, 0.25) is 0 Å². The predicted octanol–water partition coefficient (Wildman–Crippen LogP) is 4.01. The summed E-state index contributed by atoms with van der Waals surface area (Å²) < 4.78 is 0.799. The Labute approximate surface area is 127 Å². The maximum Gasteiger partial charge on any atom is 0.258 e. The molecule has 2 aromatic rings. The van der Waals surface area contributed by atoms with Crippen LogP contribution in [0.1, 0.15) is 22.8 Å². The molecule has 0 atom stereocenters. The maximum atomic E-state index is 12.6. The molecule has 0 aliphatic heterocycles. The quantitative estimate of drug-likeness (QED) is 0.863. The number of nitrogens with two attached hydrogens (primary N) is 1. The topological polar surface area (TPSA) is 46.3 Å². The summed E-state index contributed by atoms with van der Waals surface area (Å²) >= 11 is 3.34. The molecule has 0 fully saturated rings. The number of amides is 1. The number of nitrogens with zero attached hydrogens (tertiary/aromatic N) is 1. The van der Waals surface area contributed by atoms with E-state index in [0.717, 1.165) is 15.7 Å². The van der Waals surface area contributed by atoms with Crippen molar-refractivity contribution < 1.29 is 4.79 Å². The average molecular weight is 333 g/mol. The van der Waals surface area contributed by atoms with Crippen molar-refractivity contribution in [2.75, 3.05) is 17.2 Å². The smallest absolute Gasteiger partial charge is 0.258 e. The summed E-state index contributed by atoms with van der Waals surface area (Å²) in [6, 6.07) is 13.2. The number of carbonyl (C=O) groups is 1. The summed E-state index contributed by atoms with van der Waals surface area (Å²) in [5.41, 5.74) is 9.03. The Morgan fingerprint density at radius 2 is 2.00 bits per heavy atom. The van der Waals surface area contributed by atoms with E-state index in [0.29, 0.717) is 17.8 Å². The third-order valence-corrected chi connectivity index (χ3v) is 3.84. The van der Waals surface area contributed by atoms with Crippen LogP contribution >= 0.6 is 15.9 Å². The minimum Gasteiger partial charge on any atom is -0.398 e. The fraction of sp³-hybridized carbons (Fsp3) is 0.188. The van der Waals surface area contributed by atoms with Crippen molar-refractivity contribution in [3.8, 4) is 0 Å². The number of hydrogen-bond acceptors (Lipinski definition) is 2. The normalized spacial score (nSPS) is 10.3. The van der Waals surface area contributed by atoms with Crippen LogP contribution in [0.2, 0.25) is 0 Å². The van der Waals surface area contributed by atoms with Crippen LogP contribution in [0.15, 0.2) is 46.9 Å². The van der Waals surface area contributed by atoms with Gasteiger partial charge in [-0.3, -0.25) is 4.79 Å². The lowest BCUT2D eigenvalue weighted by molar-refractivity contribution is 0.0988. The minimum atomic E-state index is -0.0442. The first-order valence-electron chi connectivity index (χ1n) is 6.46. The number of benzene rings is 2. The number of anilines is 2. The Morgan fingerprint density at radius 3 is 2.60 bits per heavy atom. The van der Waals surface area contributed by atoms with Crippen LogP contribution in [-0.4, -0.2) is 12.5 Å². The molecule has 0 radical (unpaired) electrons. The Morgan fingerprint density at radius 1 is 1.25 bits per heavy atom. The molecule has 0 saturated heterocycles. The van der Waals surface area contributed by atoms with E-state index in [9.17, 15) is 4.79 Å². The molecule has 2 aromatic carbocycles. The molecule has 2 rings (SSSR count). The van der Waals surface area contributed by atoms with Gasteiger partial charge in [-0.1, -0.05) is 12.1 Å². The molecule has 1 amide bonds. The Bertz CT molecular complexity index is 640. The van der Waals surface area contributed by atoms with Crippen LogP contribution in [0.3, 0.4) is 0 Å². The molecule has 0 unspecified atom stereocenters. The second kappa shape index (κ2) is 6.09. The molecular formula is C16H17BrN2O. The number of hydrogen-bond donors (Lipinski definition) is 1. The Balaban J connectivity index is 2.36. The molecule has 0 aliphatic rings. The van der Waals surface area contributed by atoms with E-state index in [1.165, 1.54) is 0 Å². The summed E-state index contributed by atoms with van der Waals surface area (Å²) in [7, 11) is 0. The summed E-state index contributed by atoms with van der Waals surface area (Å²) in [5, 5.41) is 0. The van der Waals surface area contributed by atoms with Crippen LogP contribution in [0, 0.1) is 6.92 Å². The summed E-state index contributed by atoms with van der Waals surface area (Å²) in [5.74, 6) is -0.0442. The molecule has 4 heteroatoms. The molecule has 2 N–H and O–H groups in total. The average Bonchev–Trinajstić information content (AvgIpc) is 2.42. The number of halogens is 1. The first-order valence-corrected chi connectivity index (χ1v) is 7.25. The van der Waals surface area contributed by atoms with Crippen LogP contribution in [0.4, 0.5) is 11.4 Å². The molecule has 0 spiro atoms. The van der Waals surface area contributed by atoms with Crippen LogP contribution < -0.4 is 10.6 Å². The van der Waals surface area contributed by atoms with Crippen molar-refractivity contribution >= 4 is 33.2 Å². The highest BCUT2D eigenvalue weighted by Gasteiger charge is 2.16. The molecule has 20 heavy (non-hydrogen) atoms. The van der Waals surface area contributed by atoms with Gasteiger partial charge in [-0.25, -0.2) is 0 Å². The highest BCUT2D eigenvalue weighted by Crippen LogP contribution is 2.23. The SMILES string of the molecule is CCN(C(=O)c1ccc(Br)c(N)c1)c1cccc(C)c1. The van der Waals surface area contributed by atoms with Gasteiger partial charge in [0, 0.05) is 28.0 Å². The van der Waals surface area contributed by atoms with Crippen molar-refractivity contribution in [2.45, 2.75) is 13.8 Å². The molecule has 0 bridgehead atoms. The molecular weight excluding hydrogens is 316 g/mol. The molecule has 0 aliphatic carbocycles. The molecule has 0 heterocycles. The Kier molecular flexibility index (Phi) is 4.45. The van der Waals surface area contributed by atoms with E-state index in [1.807, 2.05) is 38.1 Å². The number of aryl methyl sites for hydroxylation is 1. The van der Waals surface area contributed by atoms with Gasteiger partial charge in [-0.15, -0.1) is 0 Å². The molecule has 0 saturated carbocycles. The second-order valence-corrected chi connectivity index (χ2v) is 5.48.